The van der Waals surface area contributed by atoms with Crippen LogP contribution in [-0.2, 0) is 16.1 Å². The zero-order valence-corrected chi connectivity index (χ0v) is 16.7. The number of halogens is 2. The lowest BCUT2D eigenvalue weighted by molar-refractivity contribution is -0.117. The van der Waals surface area contributed by atoms with E-state index in [1.807, 2.05) is 24.3 Å². The van der Waals surface area contributed by atoms with E-state index in [1.165, 1.54) is 24.3 Å². The summed E-state index contributed by atoms with van der Waals surface area (Å²) in [5, 5.41) is 12.8. The van der Waals surface area contributed by atoms with Gasteiger partial charge in [0, 0.05) is 36.3 Å². The highest BCUT2D eigenvalue weighted by Crippen LogP contribution is 2.18. The Balaban J connectivity index is 1.63. The van der Waals surface area contributed by atoms with Gasteiger partial charge in [-0.05, 0) is 29.3 Å². The number of nitrogens with zero attached hydrogens (tertiary/aromatic N) is 1. The highest BCUT2D eigenvalue weighted by Gasteiger charge is 2.15. The van der Waals surface area contributed by atoms with E-state index in [2.05, 4.69) is 10.2 Å². The van der Waals surface area contributed by atoms with Crippen molar-refractivity contribution in [2.75, 3.05) is 32.9 Å². The molecule has 1 fully saturated rings. The molecule has 0 unspecified atom stereocenters. The molecule has 2 N–H and O–H groups in total. The fourth-order valence-electron chi connectivity index (χ4n) is 3.18. The third kappa shape index (κ3) is 6.37. The first-order valence-corrected chi connectivity index (χ1v) is 9.86. The highest BCUT2D eigenvalue weighted by atomic mass is 35.5. The first-order valence-electron chi connectivity index (χ1n) is 9.48. The van der Waals surface area contributed by atoms with Crippen molar-refractivity contribution < 1.29 is 19.0 Å². The lowest BCUT2D eigenvalue weighted by Crippen LogP contribution is -2.35. The third-order valence-electron chi connectivity index (χ3n) is 4.74. The van der Waals surface area contributed by atoms with Gasteiger partial charge in [0.2, 0.25) is 5.91 Å². The minimum absolute atomic E-state index is 0.240. The van der Waals surface area contributed by atoms with Crippen molar-refractivity contribution in [2.45, 2.75) is 12.6 Å². The van der Waals surface area contributed by atoms with Gasteiger partial charge in [-0.1, -0.05) is 41.9 Å². The zero-order valence-electron chi connectivity index (χ0n) is 16.0. The summed E-state index contributed by atoms with van der Waals surface area (Å²) in [5.74, 6) is -0.923. The maximum absolute atomic E-state index is 13.8. The quantitative estimate of drug-likeness (QED) is 0.678. The van der Waals surface area contributed by atoms with Crippen molar-refractivity contribution in [1.82, 2.24) is 10.2 Å². The summed E-state index contributed by atoms with van der Waals surface area (Å²) in [5.41, 5.74) is 2.19. The lowest BCUT2D eigenvalue weighted by atomic mass is 10.0. The summed E-state index contributed by atoms with van der Waals surface area (Å²) in [4.78, 5) is 14.6. The Kier molecular flexibility index (Phi) is 7.77. The Bertz CT molecular complexity index is 869. The Morgan fingerprint density at radius 1 is 1.28 bits per heavy atom. The molecule has 0 radical (unpaired) electrons. The van der Waals surface area contributed by atoms with E-state index < -0.39 is 17.8 Å². The lowest BCUT2D eigenvalue weighted by Gasteiger charge is -2.27. The van der Waals surface area contributed by atoms with E-state index in [0.717, 1.165) is 44.0 Å². The molecular weight excluding hydrogens is 395 g/mol. The van der Waals surface area contributed by atoms with E-state index in [9.17, 15) is 14.3 Å². The molecule has 0 spiro atoms. The Morgan fingerprint density at radius 2 is 2.07 bits per heavy atom. The summed E-state index contributed by atoms with van der Waals surface area (Å²) in [6, 6.07) is 11.5. The largest absolute Gasteiger partial charge is 0.394 e. The van der Waals surface area contributed by atoms with Crippen LogP contribution in [0, 0.1) is 5.82 Å². The van der Waals surface area contributed by atoms with Crippen molar-refractivity contribution in [1.29, 1.82) is 0 Å². The number of ether oxygens (including phenoxy) is 1. The molecule has 1 heterocycles. The average Bonchev–Trinajstić information content (AvgIpc) is 2.72. The van der Waals surface area contributed by atoms with Gasteiger partial charge in [0.15, 0.2) is 0 Å². The average molecular weight is 419 g/mol. The van der Waals surface area contributed by atoms with Crippen LogP contribution in [-0.4, -0.2) is 48.8 Å². The summed E-state index contributed by atoms with van der Waals surface area (Å²) >= 11 is 5.73. The van der Waals surface area contributed by atoms with Crippen LogP contribution in [0.25, 0.3) is 6.08 Å². The minimum atomic E-state index is -0.549. The number of nitrogens with one attached hydrogen (secondary N) is 1. The summed E-state index contributed by atoms with van der Waals surface area (Å²) in [6.45, 7) is 3.78. The molecule has 1 aliphatic rings. The maximum atomic E-state index is 13.8. The number of rotatable bonds is 7. The molecule has 0 aliphatic carbocycles. The monoisotopic (exact) mass is 418 g/mol. The van der Waals surface area contributed by atoms with Crippen LogP contribution >= 0.6 is 11.6 Å². The van der Waals surface area contributed by atoms with Gasteiger partial charge < -0.3 is 15.2 Å². The molecule has 7 heteroatoms. The Morgan fingerprint density at radius 3 is 2.79 bits per heavy atom. The van der Waals surface area contributed by atoms with E-state index >= 15 is 0 Å². The summed E-state index contributed by atoms with van der Waals surface area (Å²) in [7, 11) is 0. The van der Waals surface area contributed by atoms with Crippen molar-refractivity contribution in [3.8, 4) is 0 Å². The van der Waals surface area contributed by atoms with Crippen molar-refractivity contribution in [2.24, 2.45) is 0 Å². The number of hydrogen-bond acceptors (Lipinski definition) is 4. The molecule has 1 saturated heterocycles. The molecule has 0 bridgehead atoms. The van der Waals surface area contributed by atoms with E-state index in [-0.39, 0.29) is 12.2 Å². The van der Waals surface area contributed by atoms with Crippen LogP contribution in [0.4, 0.5) is 4.39 Å². The molecule has 3 rings (SSSR count). The number of amides is 1. The van der Waals surface area contributed by atoms with Crippen molar-refractivity contribution >= 4 is 23.6 Å². The standard InChI is InChI=1S/C22H24ClFN2O3/c23-19-6-4-17(20(24)13-19)5-7-22(28)25-21(15-27)18-3-1-2-16(12-18)14-26-8-10-29-11-9-26/h1-7,12-13,21,27H,8-11,14-15H2,(H,25,28)/t21-/m1/s1. The first kappa shape index (κ1) is 21.5. The Labute approximate surface area is 174 Å². The molecular formula is C22H24ClFN2O3. The van der Waals surface area contributed by atoms with Gasteiger partial charge in [-0.25, -0.2) is 4.39 Å². The van der Waals surface area contributed by atoms with Crippen molar-refractivity contribution in [3.63, 3.8) is 0 Å². The topological polar surface area (TPSA) is 61.8 Å². The molecule has 5 nitrogen and oxygen atoms in total. The molecule has 0 aromatic heterocycles. The van der Waals surface area contributed by atoms with E-state index in [1.54, 1.807) is 6.07 Å². The highest BCUT2D eigenvalue weighted by molar-refractivity contribution is 6.30. The molecule has 2 aromatic rings. The molecule has 154 valence electrons. The normalized spacial score (nSPS) is 16.1. The number of aliphatic hydroxyl groups excluding tert-OH is 1. The minimum Gasteiger partial charge on any atom is -0.394 e. The number of aliphatic hydroxyl groups is 1. The van der Waals surface area contributed by atoms with Gasteiger partial charge in [0.1, 0.15) is 5.82 Å². The second-order valence-corrected chi connectivity index (χ2v) is 7.31. The smallest absolute Gasteiger partial charge is 0.244 e. The van der Waals surface area contributed by atoms with Gasteiger partial charge in [0.05, 0.1) is 25.9 Å². The number of benzene rings is 2. The van der Waals surface area contributed by atoms with Gasteiger partial charge in [-0.2, -0.15) is 0 Å². The SMILES string of the molecule is O=C(C=Cc1ccc(Cl)cc1F)N[C@H](CO)c1cccc(CN2CCOCC2)c1. The fourth-order valence-corrected chi connectivity index (χ4v) is 3.34. The van der Waals surface area contributed by atoms with Crippen LogP contribution in [0.3, 0.4) is 0 Å². The van der Waals surface area contributed by atoms with Crippen LogP contribution < -0.4 is 5.32 Å². The second-order valence-electron chi connectivity index (χ2n) is 6.88. The first-order chi connectivity index (χ1) is 14.0. The Hall–Kier alpha value is -2.25. The predicted molar refractivity (Wildman–Crippen MR) is 111 cm³/mol. The van der Waals surface area contributed by atoms with Gasteiger partial charge >= 0.3 is 0 Å². The van der Waals surface area contributed by atoms with E-state index in [0.29, 0.717) is 5.02 Å². The third-order valence-corrected chi connectivity index (χ3v) is 4.97. The molecule has 29 heavy (non-hydrogen) atoms. The molecule has 1 amide bonds. The fraction of sp³-hybridized carbons (Fsp3) is 0.318. The maximum Gasteiger partial charge on any atom is 0.244 e. The number of carbonyl (C=O) groups is 1. The number of carbonyl (C=O) groups excluding carboxylic acids is 1. The van der Waals surface area contributed by atoms with Gasteiger partial charge in [-0.15, -0.1) is 0 Å². The summed E-state index contributed by atoms with van der Waals surface area (Å²) < 4.78 is 19.2. The molecule has 0 saturated carbocycles. The van der Waals surface area contributed by atoms with Crippen LogP contribution in [0.15, 0.2) is 48.5 Å². The predicted octanol–water partition coefficient (Wildman–Crippen LogP) is 3.17. The van der Waals surface area contributed by atoms with Crippen LogP contribution in [0.2, 0.25) is 5.02 Å². The van der Waals surface area contributed by atoms with Gasteiger partial charge in [0.25, 0.3) is 0 Å². The molecule has 1 atom stereocenters. The van der Waals surface area contributed by atoms with Crippen LogP contribution in [0.1, 0.15) is 22.7 Å². The van der Waals surface area contributed by atoms with E-state index in [4.69, 9.17) is 16.3 Å². The molecule has 1 aliphatic heterocycles. The van der Waals surface area contributed by atoms with Crippen molar-refractivity contribution in [3.05, 3.63) is 76.1 Å². The molecule has 2 aromatic carbocycles. The zero-order chi connectivity index (χ0) is 20.6. The number of morpholine rings is 1. The second kappa shape index (κ2) is 10.5. The van der Waals surface area contributed by atoms with Gasteiger partial charge in [-0.3, -0.25) is 9.69 Å². The van der Waals surface area contributed by atoms with Crippen LogP contribution in [0.5, 0.6) is 0 Å². The summed E-state index contributed by atoms with van der Waals surface area (Å²) in [6.07, 6.45) is 2.62. The number of hydrogen-bond donors (Lipinski definition) is 2.